The molecule has 0 bridgehead atoms. The van der Waals surface area contributed by atoms with Gasteiger partial charge in [0.15, 0.2) is 0 Å². The lowest BCUT2D eigenvalue weighted by Gasteiger charge is -2.16. The molecule has 0 saturated carbocycles. The number of carbonyl (C=O) groups excluding carboxylic acids is 1. The maximum Gasteiger partial charge on any atom is 0.255 e. The van der Waals surface area contributed by atoms with Crippen LogP contribution in [-0.4, -0.2) is 33.4 Å². The van der Waals surface area contributed by atoms with Crippen LogP contribution >= 0.6 is 0 Å². The lowest BCUT2D eigenvalue weighted by molar-refractivity contribution is 0.0951. The zero-order chi connectivity index (χ0) is 17.4. The van der Waals surface area contributed by atoms with Gasteiger partial charge in [0, 0.05) is 29.4 Å². The van der Waals surface area contributed by atoms with E-state index in [1.807, 2.05) is 38.2 Å². The van der Waals surface area contributed by atoms with Crippen molar-refractivity contribution >= 4 is 22.9 Å². The molecule has 7 nitrogen and oxygen atoms in total. The van der Waals surface area contributed by atoms with Crippen molar-refractivity contribution in [2.24, 2.45) is 0 Å². The summed E-state index contributed by atoms with van der Waals surface area (Å²) in [5, 5.41) is 6.98. The Labute approximate surface area is 144 Å². The van der Waals surface area contributed by atoms with E-state index in [9.17, 15) is 4.79 Å². The topological polar surface area (TPSA) is 91.9 Å². The van der Waals surface area contributed by atoms with Gasteiger partial charge in [-0.25, -0.2) is 4.98 Å². The number of nitrogens with one attached hydrogen (secondary N) is 3. The van der Waals surface area contributed by atoms with Crippen molar-refractivity contribution in [2.45, 2.75) is 26.0 Å². The van der Waals surface area contributed by atoms with Crippen LogP contribution in [0.5, 0.6) is 5.75 Å². The minimum Gasteiger partial charge on any atom is -0.483 e. The Morgan fingerprint density at radius 2 is 2.16 bits per heavy atom. The average Bonchev–Trinajstić information content (AvgIpc) is 2.93. The molecule has 1 unspecified atom stereocenters. The summed E-state index contributed by atoms with van der Waals surface area (Å²) in [6, 6.07) is 7.50. The zero-order valence-electron chi connectivity index (χ0n) is 14.0. The van der Waals surface area contributed by atoms with E-state index in [0.717, 1.165) is 16.6 Å². The van der Waals surface area contributed by atoms with Crippen molar-refractivity contribution in [3.8, 4) is 5.75 Å². The van der Waals surface area contributed by atoms with Gasteiger partial charge in [-0.3, -0.25) is 4.79 Å². The van der Waals surface area contributed by atoms with Crippen LogP contribution < -0.4 is 15.4 Å². The summed E-state index contributed by atoms with van der Waals surface area (Å²) in [6.07, 6.45) is 3.33. The van der Waals surface area contributed by atoms with Crippen LogP contribution in [0.3, 0.4) is 0 Å². The molecule has 25 heavy (non-hydrogen) atoms. The molecule has 1 aromatic carbocycles. The number of fused-ring (bicyclic) bond motifs is 2. The summed E-state index contributed by atoms with van der Waals surface area (Å²) < 4.78 is 6.10. The van der Waals surface area contributed by atoms with Gasteiger partial charge >= 0.3 is 0 Å². The van der Waals surface area contributed by atoms with E-state index in [1.54, 1.807) is 12.3 Å². The van der Waals surface area contributed by atoms with E-state index in [-0.39, 0.29) is 18.1 Å². The molecule has 1 aliphatic rings. The predicted octanol–water partition coefficient (Wildman–Crippen LogP) is 2.64. The van der Waals surface area contributed by atoms with E-state index in [4.69, 9.17) is 4.74 Å². The Bertz CT molecular complexity index is 934. The molecule has 0 radical (unpaired) electrons. The van der Waals surface area contributed by atoms with Crippen LogP contribution in [0.4, 0.5) is 5.95 Å². The van der Waals surface area contributed by atoms with Gasteiger partial charge in [0.2, 0.25) is 5.95 Å². The molecule has 7 heteroatoms. The number of H-pyrrole nitrogens is 1. The fraction of sp³-hybridized carbons (Fsp3) is 0.278. The summed E-state index contributed by atoms with van der Waals surface area (Å²) in [4.78, 5) is 24.2. The number of hydrogen-bond acceptors (Lipinski definition) is 5. The molecule has 1 aliphatic heterocycles. The molecule has 3 N–H and O–H groups in total. The highest BCUT2D eigenvalue weighted by molar-refractivity contribution is 5.97. The lowest BCUT2D eigenvalue weighted by Crippen LogP contribution is -2.26. The third-order valence-electron chi connectivity index (χ3n) is 4.08. The largest absolute Gasteiger partial charge is 0.483 e. The van der Waals surface area contributed by atoms with E-state index in [2.05, 4.69) is 25.6 Å². The smallest absolute Gasteiger partial charge is 0.255 e. The summed E-state index contributed by atoms with van der Waals surface area (Å²) in [7, 11) is 0. The number of ether oxygens (including phenoxy) is 1. The number of amides is 1. The number of anilines is 1. The number of carbonyl (C=O) groups is 1. The van der Waals surface area contributed by atoms with Crippen molar-refractivity contribution in [3.63, 3.8) is 0 Å². The molecule has 2 aromatic heterocycles. The van der Waals surface area contributed by atoms with Crippen LogP contribution in [-0.2, 0) is 0 Å². The van der Waals surface area contributed by atoms with Crippen LogP contribution in [0.15, 0.2) is 36.7 Å². The minimum atomic E-state index is -0.311. The van der Waals surface area contributed by atoms with Gasteiger partial charge < -0.3 is 20.4 Å². The molecule has 3 heterocycles. The molecule has 128 valence electrons. The first-order valence-electron chi connectivity index (χ1n) is 8.26. The summed E-state index contributed by atoms with van der Waals surface area (Å²) in [6.45, 7) is 4.45. The standard InChI is InChI=1S/C18H19N5O2/c1-10(2)22-18-21-8-13-12(7-19-16(13)23-18)15-9-20-17(24)11-5-3-4-6-14(11)25-15/h3-8,10,15H,9H2,1-2H3,(H,20,24)(H2,19,21,22,23). The van der Waals surface area contributed by atoms with E-state index >= 15 is 0 Å². The van der Waals surface area contributed by atoms with Gasteiger partial charge in [0.1, 0.15) is 17.5 Å². The first-order chi connectivity index (χ1) is 12.1. The second kappa shape index (κ2) is 6.08. The SMILES string of the molecule is CC(C)Nc1ncc2c(C3CNC(=O)c4ccccc4O3)c[nH]c2n1. The molecule has 1 atom stereocenters. The second-order valence-electron chi connectivity index (χ2n) is 6.31. The Hall–Kier alpha value is -3.09. The van der Waals surface area contributed by atoms with Crippen molar-refractivity contribution in [3.05, 3.63) is 47.8 Å². The molecular formula is C18H19N5O2. The first-order valence-corrected chi connectivity index (χ1v) is 8.26. The highest BCUT2D eigenvalue weighted by atomic mass is 16.5. The van der Waals surface area contributed by atoms with E-state index in [0.29, 0.717) is 23.8 Å². The van der Waals surface area contributed by atoms with Crippen LogP contribution in [0.1, 0.15) is 35.9 Å². The molecule has 4 rings (SSSR count). The van der Waals surface area contributed by atoms with Gasteiger partial charge in [-0.15, -0.1) is 0 Å². The number of aromatic nitrogens is 3. The highest BCUT2D eigenvalue weighted by Gasteiger charge is 2.25. The van der Waals surface area contributed by atoms with Crippen molar-refractivity contribution in [2.75, 3.05) is 11.9 Å². The van der Waals surface area contributed by atoms with Gasteiger partial charge in [0.05, 0.1) is 12.1 Å². The average molecular weight is 337 g/mol. The van der Waals surface area contributed by atoms with E-state index < -0.39 is 0 Å². The molecule has 3 aromatic rings. The van der Waals surface area contributed by atoms with Gasteiger partial charge in [-0.2, -0.15) is 4.98 Å². The third kappa shape index (κ3) is 2.88. The minimum absolute atomic E-state index is 0.127. The number of para-hydroxylation sites is 1. The van der Waals surface area contributed by atoms with Crippen LogP contribution in [0, 0.1) is 0 Å². The van der Waals surface area contributed by atoms with Crippen molar-refractivity contribution in [1.82, 2.24) is 20.3 Å². The van der Waals surface area contributed by atoms with Crippen molar-refractivity contribution in [1.29, 1.82) is 0 Å². The Morgan fingerprint density at radius 3 is 3.00 bits per heavy atom. The zero-order valence-corrected chi connectivity index (χ0v) is 14.0. The molecule has 0 aliphatic carbocycles. The third-order valence-corrected chi connectivity index (χ3v) is 4.08. The van der Waals surface area contributed by atoms with Crippen LogP contribution in [0.25, 0.3) is 11.0 Å². The summed E-state index contributed by atoms with van der Waals surface area (Å²) in [5.41, 5.74) is 2.20. The fourth-order valence-corrected chi connectivity index (χ4v) is 2.93. The monoisotopic (exact) mass is 337 g/mol. The molecule has 0 spiro atoms. The summed E-state index contributed by atoms with van der Waals surface area (Å²) in [5.74, 6) is 1.03. The number of aromatic amines is 1. The molecule has 0 fully saturated rings. The lowest BCUT2D eigenvalue weighted by atomic mass is 10.1. The molecule has 1 amide bonds. The number of benzene rings is 1. The maximum atomic E-state index is 12.2. The molecular weight excluding hydrogens is 318 g/mol. The van der Waals surface area contributed by atoms with Gasteiger partial charge in [0.25, 0.3) is 5.91 Å². The maximum absolute atomic E-state index is 12.2. The highest BCUT2D eigenvalue weighted by Crippen LogP contribution is 2.31. The Morgan fingerprint density at radius 1 is 1.32 bits per heavy atom. The Balaban J connectivity index is 1.69. The summed E-state index contributed by atoms with van der Waals surface area (Å²) >= 11 is 0. The van der Waals surface area contributed by atoms with Crippen molar-refractivity contribution < 1.29 is 9.53 Å². The quantitative estimate of drug-likeness (QED) is 0.683. The normalized spacial score (nSPS) is 16.9. The first kappa shape index (κ1) is 15.4. The van der Waals surface area contributed by atoms with Gasteiger partial charge in [-0.05, 0) is 26.0 Å². The Kier molecular flexibility index (Phi) is 3.76. The number of nitrogens with zero attached hydrogens (tertiary/aromatic N) is 2. The number of rotatable bonds is 3. The fourth-order valence-electron chi connectivity index (χ4n) is 2.93. The van der Waals surface area contributed by atoms with E-state index in [1.165, 1.54) is 0 Å². The second-order valence-corrected chi connectivity index (χ2v) is 6.31. The molecule has 0 saturated heterocycles. The predicted molar refractivity (Wildman–Crippen MR) is 94.8 cm³/mol. The van der Waals surface area contributed by atoms with Gasteiger partial charge in [-0.1, -0.05) is 12.1 Å². The number of hydrogen-bond donors (Lipinski definition) is 3. The van der Waals surface area contributed by atoms with Crippen LogP contribution in [0.2, 0.25) is 0 Å².